The lowest BCUT2D eigenvalue weighted by atomic mass is 10.1. The Morgan fingerprint density at radius 2 is 1.62 bits per heavy atom. The van der Waals surface area contributed by atoms with Crippen LogP contribution >= 0.6 is 0 Å². The molecule has 0 aliphatic carbocycles. The zero-order valence-corrected chi connectivity index (χ0v) is 16.6. The van der Waals surface area contributed by atoms with Gasteiger partial charge in [-0.15, -0.1) is 10.2 Å². The molecule has 4 rings (SSSR count). The van der Waals surface area contributed by atoms with Gasteiger partial charge in [-0.25, -0.2) is 15.0 Å². The van der Waals surface area contributed by atoms with Crippen molar-refractivity contribution in [3.63, 3.8) is 0 Å². The van der Waals surface area contributed by atoms with Crippen LogP contribution in [0, 0.1) is 6.92 Å². The van der Waals surface area contributed by atoms with Crippen molar-refractivity contribution in [2.45, 2.75) is 6.92 Å². The van der Waals surface area contributed by atoms with Gasteiger partial charge in [0.2, 0.25) is 11.8 Å². The lowest BCUT2D eigenvalue weighted by Crippen LogP contribution is -2.47. The largest absolute Gasteiger partial charge is 0.480 e. The number of nitrogens with zero attached hydrogens (tertiary/aromatic N) is 8. The van der Waals surface area contributed by atoms with Crippen molar-refractivity contribution in [1.82, 2.24) is 30.1 Å². The maximum Gasteiger partial charge on any atom is 0.319 e. The van der Waals surface area contributed by atoms with Gasteiger partial charge in [-0.05, 0) is 24.6 Å². The van der Waals surface area contributed by atoms with E-state index in [1.807, 2.05) is 19.1 Å². The minimum Gasteiger partial charge on any atom is -0.480 e. The standard InChI is InChI=1S/C19H22N8O2/c1-13-11-15(26-7-9-27(10-8-26)18-20-5-4-6-21-18)24-25-16(13)14-12-22-19(29-3)23-17(14)28-2/h4-6,11-12H,7-10H2,1-3H3. The molecule has 4 heterocycles. The first-order valence-corrected chi connectivity index (χ1v) is 9.26. The van der Waals surface area contributed by atoms with E-state index in [1.54, 1.807) is 25.7 Å². The van der Waals surface area contributed by atoms with Gasteiger partial charge in [0.05, 0.1) is 19.8 Å². The van der Waals surface area contributed by atoms with E-state index >= 15 is 0 Å². The predicted octanol–water partition coefficient (Wildman–Crippen LogP) is 1.38. The monoisotopic (exact) mass is 394 g/mol. The smallest absolute Gasteiger partial charge is 0.319 e. The summed E-state index contributed by atoms with van der Waals surface area (Å²) >= 11 is 0. The van der Waals surface area contributed by atoms with Gasteiger partial charge in [-0.2, -0.15) is 4.98 Å². The van der Waals surface area contributed by atoms with Crippen molar-refractivity contribution < 1.29 is 9.47 Å². The molecule has 1 saturated heterocycles. The summed E-state index contributed by atoms with van der Waals surface area (Å²) in [6, 6.07) is 4.09. The molecule has 150 valence electrons. The maximum atomic E-state index is 5.37. The van der Waals surface area contributed by atoms with Crippen LogP contribution in [0.2, 0.25) is 0 Å². The van der Waals surface area contributed by atoms with Gasteiger partial charge < -0.3 is 19.3 Å². The van der Waals surface area contributed by atoms with Gasteiger partial charge >= 0.3 is 6.01 Å². The number of hydrogen-bond acceptors (Lipinski definition) is 10. The van der Waals surface area contributed by atoms with Crippen molar-refractivity contribution in [3.8, 4) is 23.1 Å². The molecule has 0 saturated carbocycles. The number of rotatable bonds is 5. The molecule has 0 bridgehead atoms. The summed E-state index contributed by atoms with van der Waals surface area (Å²) in [6.07, 6.45) is 5.17. The number of hydrogen-bond donors (Lipinski definition) is 0. The highest BCUT2D eigenvalue weighted by molar-refractivity contribution is 5.68. The molecule has 0 unspecified atom stereocenters. The molecule has 1 aliphatic heterocycles. The van der Waals surface area contributed by atoms with Gasteiger partial charge in [0.1, 0.15) is 5.69 Å². The summed E-state index contributed by atoms with van der Waals surface area (Å²) in [7, 11) is 3.07. The van der Waals surface area contributed by atoms with E-state index in [9.17, 15) is 0 Å². The fourth-order valence-corrected chi connectivity index (χ4v) is 3.25. The summed E-state index contributed by atoms with van der Waals surface area (Å²) < 4.78 is 10.4. The highest BCUT2D eigenvalue weighted by Gasteiger charge is 2.21. The Morgan fingerprint density at radius 1 is 0.897 bits per heavy atom. The molecule has 3 aromatic rings. The van der Waals surface area contributed by atoms with Crippen molar-refractivity contribution in [3.05, 3.63) is 36.3 Å². The molecular weight excluding hydrogens is 372 g/mol. The van der Waals surface area contributed by atoms with E-state index in [0.29, 0.717) is 17.1 Å². The van der Waals surface area contributed by atoms with E-state index < -0.39 is 0 Å². The van der Waals surface area contributed by atoms with Crippen LogP contribution in [0.15, 0.2) is 30.7 Å². The van der Waals surface area contributed by atoms with Crippen molar-refractivity contribution >= 4 is 11.8 Å². The number of anilines is 2. The molecule has 0 spiro atoms. The molecule has 0 N–H and O–H groups in total. The SMILES string of the molecule is COc1ncc(-c2nnc(N3CCN(c4ncccn4)CC3)cc2C)c(OC)n1. The summed E-state index contributed by atoms with van der Waals surface area (Å²) in [5.41, 5.74) is 2.33. The molecule has 10 nitrogen and oxygen atoms in total. The molecule has 1 fully saturated rings. The van der Waals surface area contributed by atoms with Crippen molar-refractivity contribution in [2.75, 3.05) is 50.2 Å². The van der Waals surface area contributed by atoms with Crippen LogP contribution in [-0.2, 0) is 0 Å². The molecule has 1 aliphatic rings. The molecular formula is C19H22N8O2. The second kappa shape index (κ2) is 8.21. The lowest BCUT2D eigenvalue weighted by Gasteiger charge is -2.35. The van der Waals surface area contributed by atoms with Crippen LogP contribution in [-0.4, -0.2) is 70.5 Å². The van der Waals surface area contributed by atoms with E-state index in [0.717, 1.165) is 43.5 Å². The minimum absolute atomic E-state index is 0.244. The van der Waals surface area contributed by atoms with Crippen LogP contribution < -0.4 is 19.3 Å². The third kappa shape index (κ3) is 3.86. The summed E-state index contributed by atoms with van der Waals surface area (Å²) in [6.45, 7) is 5.28. The zero-order chi connectivity index (χ0) is 20.2. The second-order valence-corrected chi connectivity index (χ2v) is 6.54. The first-order chi connectivity index (χ1) is 14.2. The van der Waals surface area contributed by atoms with Crippen LogP contribution in [0.1, 0.15) is 5.56 Å². The minimum atomic E-state index is 0.244. The van der Waals surface area contributed by atoms with Crippen LogP contribution in [0.4, 0.5) is 11.8 Å². The number of methoxy groups -OCH3 is 2. The normalized spacial score (nSPS) is 14.0. The Kier molecular flexibility index (Phi) is 5.32. The molecule has 0 atom stereocenters. The summed E-state index contributed by atoms with van der Waals surface area (Å²) in [4.78, 5) is 21.4. The number of piperazine rings is 1. The first kappa shape index (κ1) is 18.8. The quantitative estimate of drug-likeness (QED) is 0.630. The average Bonchev–Trinajstić information content (AvgIpc) is 2.79. The first-order valence-electron chi connectivity index (χ1n) is 9.26. The van der Waals surface area contributed by atoms with Gasteiger partial charge in [0, 0.05) is 44.8 Å². The molecule has 0 aromatic carbocycles. The van der Waals surface area contributed by atoms with E-state index in [1.165, 1.54) is 7.11 Å². The van der Waals surface area contributed by atoms with Crippen LogP contribution in [0.25, 0.3) is 11.3 Å². The highest BCUT2D eigenvalue weighted by atomic mass is 16.5. The Labute approximate surface area is 168 Å². The van der Waals surface area contributed by atoms with Crippen LogP contribution in [0.3, 0.4) is 0 Å². The molecule has 10 heteroatoms. The maximum absolute atomic E-state index is 5.37. The van der Waals surface area contributed by atoms with E-state index in [-0.39, 0.29) is 6.01 Å². The zero-order valence-electron chi connectivity index (χ0n) is 16.6. The molecule has 0 amide bonds. The highest BCUT2D eigenvalue weighted by Crippen LogP contribution is 2.30. The average molecular weight is 394 g/mol. The van der Waals surface area contributed by atoms with Crippen molar-refractivity contribution in [2.24, 2.45) is 0 Å². The fraction of sp³-hybridized carbons (Fsp3) is 0.368. The number of aryl methyl sites for hydroxylation is 1. The van der Waals surface area contributed by atoms with E-state index in [2.05, 4.69) is 39.9 Å². The second-order valence-electron chi connectivity index (χ2n) is 6.54. The molecule has 29 heavy (non-hydrogen) atoms. The van der Waals surface area contributed by atoms with E-state index in [4.69, 9.17) is 9.47 Å². The number of ether oxygens (including phenoxy) is 2. The topological polar surface area (TPSA) is 102 Å². The Hall–Kier alpha value is -3.56. The number of aromatic nitrogens is 6. The predicted molar refractivity (Wildman–Crippen MR) is 107 cm³/mol. The Morgan fingerprint density at radius 3 is 2.28 bits per heavy atom. The van der Waals surface area contributed by atoms with Gasteiger partial charge in [0.25, 0.3) is 0 Å². The Balaban J connectivity index is 1.51. The molecule has 3 aromatic heterocycles. The summed E-state index contributed by atoms with van der Waals surface area (Å²) in [5, 5.41) is 8.87. The molecule has 0 radical (unpaired) electrons. The lowest BCUT2D eigenvalue weighted by molar-refractivity contribution is 0.353. The Bertz CT molecular complexity index is 977. The fourth-order valence-electron chi connectivity index (χ4n) is 3.25. The summed E-state index contributed by atoms with van der Waals surface area (Å²) in [5.74, 6) is 2.00. The van der Waals surface area contributed by atoms with Crippen molar-refractivity contribution in [1.29, 1.82) is 0 Å². The van der Waals surface area contributed by atoms with Crippen LogP contribution in [0.5, 0.6) is 11.9 Å². The van der Waals surface area contributed by atoms with Gasteiger partial charge in [0.15, 0.2) is 5.82 Å². The third-order valence-corrected chi connectivity index (χ3v) is 4.77. The van der Waals surface area contributed by atoms with Gasteiger partial charge in [-0.3, -0.25) is 0 Å². The van der Waals surface area contributed by atoms with Gasteiger partial charge in [-0.1, -0.05) is 0 Å². The third-order valence-electron chi connectivity index (χ3n) is 4.77.